The number of rotatable bonds is 7. The molecule has 2 aromatic rings. The highest BCUT2D eigenvalue weighted by Gasteiger charge is 2.34. The van der Waals surface area contributed by atoms with Gasteiger partial charge in [0.05, 0.1) is 26.3 Å². The summed E-state index contributed by atoms with van der Waals surface area (Å²) in [5.74, 6) is 2.04. The van der Waals surface area contributed by atoms with E-state index in [1.165, 1.54) is 10.5 Å². The lowest BCUT2D eigenvalue weighted by Gasteiger charge is -2.24. The zero-order valence-electron chi connectivity index (χ0n) is 18.2. The summed E-state index contributed by atoms with van der Waals surface area (Å²) in [6.45, 7) is 7.79. The standard InChI is InChI=1S/C24H32N2O3/c1-16(2)19-9-6-8-17(3)24(19)25-23(27)15-26-13-7-10-21(26)20-12-11-18(28-4)14-22(20)29-5/h6,8-9,11-12,14,16,21H,7,10,13,15H2,1-5H3,(H,25,27)/p+1/t21-/m1/s1. The van der Waals surface area contributed by atoms with Gasteiger partial charge >= 0.3 is 0 Å². The van der Waals surface area contributed by atoms with Crippen LogP contribution in [-0.4, -0.2) is 33.2 Å². The second-order valence-electron chi connectivity index (χ2n) is 8.13. The van der Waals surface area contributed by atoms with Gasteiger partial charge in [-0.1, -0.05) is 32.0 Å². The smallest absolute Gasteiger partial charge is 0.279 e. The summed E-state index contributed by atoms with van der Waals surface area (Å²) in [5, 5.41) is 3.19. The number of ether oxygens (including phenoxy) is 2. The van der Waals surface area contributed by atoms with E-state index in [0.29, 0.717) is 12.5 Å². The van der Waals surface area contributed by atoms with E-state index < -0.39 is 0 Å². The van der Waals surface area contributed by atoms with Gasteiger partial charge in [-0.25, -0.2) is 0 Å². The Bertz CT molecular complexity index is 863. The van der Waals surface area contributed by atoms with Crippen molar-refractivity contribution in [2.24, 2.45) is 0 Å². The molecule has 2 atom stereocenters. The molecule has 1 aliphatic rings. The number of likely N-dealkylation sites (tertiary alicyclic amines) is 1. The molecule has 3 rings (SSSR count). The number of hydrogen-bond donors (Lipinski definition) is 2. The van der Waals surface area contributed by atoms with Crippen LogP contribution in [0.25, 0.3) is 0 Å². The van der Waals surface area contributed by atoms with Gasteiger partial charge in [0, 0.05) is 24.6 Å². The number of benzene rings is 2. The van der Waals surface area contributed by atoms with Gasteiger partial charge in [0.1, 0.15) is 17.5 Å². The van der Waals surface area contributed by atoms with Crippen LogP contribution in [0.1, 0.15) is 55.3 Å². The third-order valence-corrected chi connectivity index (χ3v) is 5.88. The van der Waals surface area contributed by atoms with Crippen LogP contribution in [0.2, 0.25) is 0 Å². The first-order chi connectivity index (χ1) is 13.9. The minimum atomic E-state index is 0.0654. The molecule has 0 aliphatic carbocycles. The lowest BCUT2D eigenvalue weighted by atomic mass is 9.98. The van der Waals surface area contributed by atoms with Crippen molar-refractivity contribution < 1.29 is 19.2 Å². The van der Waals surface area contributed by atoms with Gasteiger partial charge in [0.25, 0.3) is 5.91 Å². The molecule has 29 heavy (non-hydrogen) atoms. The van der Waals surface area contributed by atoms with Crippen molar-refractivity contribution in [2.45, 2.75) is 45.6 Å². The van der Waals surface area contributed by atoms with Gasteiger partial charge in [-0.05, 0) is 36.1 Å². The fourth-order valence-corrected chi connectivity index (χ4v) is 4.34. The van der Waals surface area contributed by atoms with Crippen LogP contribution in [0.3, 0.4) is 0 Å². The largest absolute Gasteiger partial charge is 0.497 e. The van der Waals surface area contributed by atoms with Crippen LogP contribution in [0.5, 0.6) is 11.5 Å². The van der Waals surface area contributed by atoms with E-state index in [-0.39, 0.29) is 11.9 Å². The second-order valence-corrected chi connectivity index (χ2v) is 8.13. The summed E-state index contributed by atoms with van der Waals surface area (Å²) in [7, 11) is 3.34. The Kier molecular flexibility index (Phi) is 6.80. The van der Waals surface area contributed by atoms with Gasteiger partial charge in [-0.3, -0.25) is 4.79 Å². The van der Waals surface area contributed by atoms with Crippen molar-refractivity contribution in [2.75, 3.05) is 32.6 Å². The molecule has 0 bridgehead atoms. The van der Waals surface area contributed by atoms with Crippen LogP contribution in [0.4, 0.5) is 5.69 Å². The number of carbonyl (C=O) groups excluding carboxylic acids is 1. The van der Waals surface area contributed by atoms with Crippen molar-refractivity contribution >= 4 is 11.6 Å². The highest BCUT2D eigenvalue weighted by molar-refractivity contribution is 5.93. The zero-order valence-corrected chi connectivity index (χ0v) is 18.2. The Hall–Kier alpha value is -2.53. The van der Waals surface area contributed by atoms with Gasteiger partial charge < -0.3 is 19.7 Å². The van der Waals surface area contributed by atoms with Crippen molar-refractivity contribution in [3.8, 4) is 11.5 Å². The molecule has 1 heterocycles. The maximum absolute atomic E-state index is 12.9. The Balaban J connectivity index is 1.76. The average molecular weight is 398 g/mol. The molecule has 156 valence electrons. The highest BCUT2D eigenvalue weighted by Crippen LogP contribution is 2.32. The number of hydrogen-bond acceptors (Lipinski definition) is 3. The number of anilines is 1. The van der Waals surface area contributed by atoms with Crippen molar-refractivity contribution in [3.05, 3.63) is 53.1 Å². The second kappa shape index (κ2) is 9.31. The van der Waals surface area contributed by atoms with Crippen molar-refractivity contribution in [1.29, 1.82) is 0 Å². The Morgan fingerprint density at radius 3 is 2.69 bits per heavy atom. The molecule has 0 radical (unpaired) electrons. The lowest BCUT2D eigenvalue weighted by molar-refractivity contribution is -0.910. The van der Waals surface area contributed by atoms with E-state index in [4.69, 9.17) is 9.47 Å². The normalized spacial score (nSPS) is 18.7. The molecule has 1 fully saturated rings. The SMILES string of the molecule is COc1ccc([C@H]2CCC[NH+]2CC(=O)Nc2c(C)cccc2C(C)C)c(OC)c1. The van der Waals surface area contributed by atoms with Gasteiger partial charge in [-0.15, -0.1) is 0 Å². The molecular weight excluding hydrogens is 364 g/mol. The highest BCUT2D eigenvalue weighted by atomic mass is 16.5. The zero-order chi connectivity index (χ0) is 21.0. The fourth-order valence-electron chi connectivity index (χ4n) is 4.34. The van der Waals surface area contributed by atoms with Crippen LogP contribution in [-0.2, 0) is 4.79 Å². The third-order valence-electron chi connectivity index (χ3n) is 5.88. The molecule has 5 nitrogen and oxygen atoms in total. The quantitative estimate of drug-likeness (QED) is 0.752. The van der Waals surface area contributed by atoms with Gasteiger partial charge in [0.15, 0.2) is 6.54 Å². The fraction of sp³-hybridized carbons (Fsp3) is 0.458. The molecule has 0 spiro atoms. The van der Waals surface area contributed by atoms with Crippen LogP contribution < -0.4 is 19.7 Å². The Morgan fingerprint density at radius 1 is 1.21 bits per heavy atom. The molecule has 1 aliphatic heterocycles. The van der Waals surface area contributed by atoms with Crippen LogP contribution in [0.15, 0.2) is 36.4 Å². The summed E-state index contributed by atoms with van der Waals surface area (Å²) in [6, 6.07) is 12.4. The van der Waals surface area contributed by atoms with Crippen LogP contribution >= 0.6 is 0 Å². The third kappa shape index (κ3) is 4.73. The van der Waals surface area contributed by atoms with E-state index in [9.17, 15) is 4.79 Å². The molecule has 1 unspecified atom stereocenters. The first-order valence-corrected chi connectivity index (χ1v) is 10.4. The average Bonchev–Trinajstić information content (AvgIpc) is 3.16. The van der Waals surface area contributed by atoms with Gasteiger partial charge in [0.2, 0.25) is 0 Å². The predicted octanol–water partition coefficient (Wildman–Crippen LogP) is 3.49. The Labute approximate surface area is 174 Å². The molecule has 0 aromatic heterocycles. The number of methoxy groups -OCH3 is 2. The topological polar surface area (TPSA) is 52.0 Å². The van der Waals surface area contributed by atoms with E-state index in [1.807, 2.05) is 12.1 Å². The molecule has 2 N–H and O–H groups in total. The number of nitrogens with one attached hydrogen (secondary N) is 2. The number of para-hydroxylation sites is 1. The molecule has 5 heteroatoms. The number of quaternary nitrogens is 1. The summed E-state index contributed by atoms with van der Waals surface area (Å²) in [4.78, 5) is 14.2. The van der Waals surface area contributed by atoms with Crippen molar-refractivity contribution in [1.82, 2.24) is 0 Å². The minimum absolute atomic E-state index is 0.0654. The molecule has 1 amide bonds. The molecule has 0 saturated carbocycles. The summed E-state index contributed by atoms with van der Waals surface area (Å²) in [6.07, 6.45) is 2.15. The lowest BCUT2D eigenvalue weighted by Crippen LogP contribution is -3.11. The first kappa shape index (κ1) is 21.2. The summed E-state index contributed by atoms with van der Waals surface area (Å²) < 4.78 is 10.9. The van der Waals surface area contributed by atoms with Crippen molar-refractivity contribution in [3.63, 3.8) is 0 Å². The van der Waals surface area contributed by atoms with E-state index in [1.54, 1.807) is 14.2 Å². The molecule has 2 aromatic carbocycles. The number of aryl methyl sites for hydroxylation is 1. The summed E-state index contributed by atoms with van der Waals surface area (Å²) >= 11 is 0. The van der Waals surface area contributed by atoms with E-state index in [2.05, 4.69) is 50.4 Å². The molecule has 1 saturated heterocycles. The molecular formula is C24H33N2O3+. The minimum Gasteiger partial charge on any atom is -0.497 e. The maximum atomic E-state index is 12.9. The van der Waals surface area contributed by atoms with Crippen LogP contribution in [0, 0.1) is 6.92 Å². The summed E-state index contributed by atoms with van der Waals surface area (Å²) in [5.41, 5.74) is 4.40. The van der Waals surface area contributed by atoms with E-state index >= 15 is 0 Å². The number of carbonyl (C=O) groups is 1. The monoisotopic (exact) mass is 397 g/mol. The van der Waals surface area contributed by atoms with E-state index in [0.717, 1.165) is 47.7 Å². The predicted molar refractivity (Wildman–Crippen MR) is 116 cm³/mol. The van der Waals surface area contributed by atoms with Gasteiger partial charge in [-0.2, -0.15) is 0 Å². The Morgan fingerprint density at radius 2 is 2.00 bits per heavy atom. The first-order valence-electron chi connectivity index (χ1n) is 10.4. The maximum Gasteiger partial charge on any atom is 0.279 e. The number of amides is 1.